The number of nitrogens with zero attached hydrogens (tertiary/aromatic N) is 1. The third-order valence-corrected chi connectivity index (χ3v) is 5.81. The molecule has 138 valence electrons. The number of aryl methyl sites for hydroxylation is 2. The van der Waals surface area contributed by atoms with Crippen molar-refractivity contribution in [2.45, 2.75) is 26.3 Å². The SMILES string of the molecule is Cc1cc(C)cc(OCC(=O)OCC(=O)N(C)C2CCS(=O)(=O)C2)c1. The molecule has 7 nitrogen and oxygen atoms in total. The van der Waals surface area contributed by atoms with Gasteiger partial charge in [0.05, 0.1) is 11.5 Å². The third-order valence-electron chi connectivity index (χ3n) is 4.06. The zero-order valence-electron chi connectivity index (χ0n) is 14.6. The molecule has 1 fully saturated rings. The summed E-state index contributed by atoms with van der Waals surface area (Å²) in [4.78, 5) is 25.1. The molecule has 0 aromatic heterocycles. The van der Waals surface area contributed by atoms with Gasteiger partial charge in [0.2, 0.25) is 0 Å². The first-order valence-corrected chi connectivity index (χ1v) is 9.81. The molecule has 1 heterocycles. The van der Waals surface area contributed by atoms with Crippen LogP contribution in [0.25, 0.3) is 0 Å². The molecular formula is C17H23NO6S. The Morgan fingerprint density at radius 1 is 1.16 bits per heavy atom. The molecule has 0 spiro atoms. The number of rotatable bonds is 6. The van der Waals surface area contributed by atoms with Crippen LogP contribution in [0.5, 0.6) is 5.75 Å². The van der Waals surface area contributed by atoms with Crippen molar-refractivity contribution in [3.63, 3.8) is 0 Å². The summed E-state index contributed by atoms with van der Waals surface area (Å²) in [7, 11) is -1.55. The van der Waals surface area contributed by atoms with Gasteiger partial charge in [-0.2, -0.15) is 0 Å². The Kier molecular flexibility index (Phi) is 6.05. The number of esters is 1. The lowest BCUT2D eigenvalue weighted by atomic mass is 10.1. The highest BCUT2D eigenvalue weighted by atomic mass is 32.2. The average molecular weight is 369 g/mol. The molecule has 0 radical (unpaired) electrons. The summed E-state index contributed by atoms with van der Waals surface area (Å²) in [6.45, 7) is 3.13. The number of carbonyl (C=O) groups excluding carboxylic acids is 2. The molecule has 1 atom stereocenters. The minimum absolute atomic E-state index is 0.0427. The maximum absolute atomic E-state index is 12.0. The monoisotopic (exact) mass is 369 g/mol. The number of ether oxygens (including phenoxy) is 2. The van der Waals surface area contributed by atoms with Crippen LogP contribution < -0.4 is 4.74 Å². The van der Waals surface area contributed by atoms with E-state index in [0.717, 1.165) is 11.1 Å². The van der Waals surface area contributed by atoms with Gasteiger partial charge in [-0.05, 0) is 43.5 Å². The predicted octanol–water partition coefficient (Wildman–Crippen LogP) is 0.871. The van der Waals surface area contributed by atoms with Gasteiger partial charge in [-0.1, -0.05) is 6.07 Å². The molecule has 1 unspecified atom stereocenters. The van der Waals surface area contributed by atoms with Crippen LogP contribution in [0.3, 0.4) is 0 Å². The second-order valence-corrected chi connectivity index (χ2v) is 8.56. The molecule has 1 aromatic rings. The first-order chi connectivity index (χ1) is 11.7. The Labute approximate surface area is 147 Å². The lowest BCUT2D eigenvalue weighted by Crippen LogP contribution is -2.40. The van der Waals surface area contributed by atoms with Crippen molar-refractivity contribution >= 4 is 21.7 Å². The van der Waals surface area contributed by atoms with Gasteiger partial charge in [-0.15, -0.1) is 0 Å². The lowest BCUT2D eigenvalue weighted by Gasteiger charge is -2.23. The van der Waals surface area contributed by atoms with E-state index < -0.39 is 28.3 Å². The second kappa shape index (κ2) is 7.86. The van der Waals surface area contributed by atoms with Crippen molar-refractivity contribution in [3.8, 4) is 5.75 Å². The standard InChI is InChI=1S/C17H23NO6S/c1-12-6-13(2)8-15(7-12)23-10-17(20)24-9-16(19)18(3)14-4-5-25(21,22)11-14/h6-8,14H,4-5,9-11H2,1-3H3. The number of amides is 1. The zero-order valence-corrected chi connectivity index (χ0v) is 15.5. The molecule has 1 aliphatic heterocycles. The molecule has 1 aliphatic rings. The van der Waals surface area contributed by atoms with E-state index in [1.165, 1.54) is 11.9 Å². The Hall–Kier alpha value is -2.09. The minimum atomic E-state index is -3.07. The zero-order chi connectivity index (χ0) is 18.6. The van der Waals surface area contributed by atoms with E-state index in [2.05, 4.69) is 0 Å². The van der Waals surface area contributed by atoms with Crippen LogP contribution in [0.4, 0.5) is 0 Å². The normalized spacial score (nSPS) is 18.6. The summed E-state index contributed by atoms with van der Waals surface area (Å²) in [5.41, 5.74) is 2.04. The van der Waals surface area contributed by atoms with Gasteiger partial charge in [0.1, 0.15) is 5.75 Å². The van der Waals surface area contributed by atoms with Gasteiger partial charge in [-0.25, -0.2) is 13.2 Å². The highest BCUT2D eigenvalue weighted by molar-refractivity contribution is 7.91. The Balaban J connectivity index is 1.76. The summed E-state index contributed by atoms with van der Waals surface area (Å²) < 4.78 is 33.2. The highest BCUT2D eigenvalue weighted by Gasteiger charge is 2.32. The maximum atomic E-state index is 12.0. The average Bonchev–Trinajstić information content (AvgIpc) is 2.89. The number of carbonyl (C=O) groups is 2. The van der Waals surface area contributed by atoms with Crippen molar-refractivity contribution in [2.24, 2.45) is 0 Å². The fourth-order valence-corrected chi connectivity index (χ4v) is 4.50. The van der Waals surface area contributed by atoms with Crippen molar-refractivity contribution in [3.05, 3.63) is 29.3 Å². The first-order valence-electron chi connectivity index (χ1n) is 7.99. The molecule has 1 aromatic carbocycles. The van der Waals surface area contributed by atoms with Crippen molar-refractivity contribution in [1.29, 1.82) is 0 Å². The topological polar surface area (TPSA) is 90.0 Å². The van der Waals surface area contributed by atoms with Gasteiger partial charge >= 0.3 is 5.97 Å². The van der Waals surface area contributed by atoms with Gasteiger partial charge in [0.25, 0.3) is 5.91 Å². The Morgan fingerprint density at radius 2 is 1.80 bits per heavy atom. The summed E-state index contributed by atoms with van der Waals surface area (Å²) in [6, 6.07) is 5.24. The van der Waals surface area contributed by atoms with E-state index in [9.17, 15) is 18.0 Å². The van der Waals surface area contributed by atoms with Crippen LogP contribution in [-0.2, 0) is 24.2 Å². The van der Waals surface area contributed by atoms with Gasteiger partial charge in [0, 0.05) is 13.1 Å². The molecule has 2 rings (SSSR count). The van der Waals surface area contributed by atoms with Crippen molar-refractivity contribution in [1.82, 2.24) is 4.90 Å². The van der Waals surface area contributed by atoms with E-state index >= 15 is 0 Å². The van der Waals surface area contributed by atoms with Crippen LogP contribution in [0.15, 0.2) is 18.2 Å². The first kappa shape index (κ1) is 19.2. The Morgan fingerprint density at radius 3 is 2.36 bits per heavy atom. The Bertz CT molecular complexity index is 738. The summed E-state index contributed by atoms with van der Waals surface area (Å²) in [6.07, 6.45) is 0.411. The fourth-order valence-electron chi connectivity index (χ4n) is 2.73. The maximum Gasteiger partial charge on any atom is 0.344 e. The van der Waals surface area contributed by atoms with Crippen LogP contribution in [0, 0.1) is 13.8 Å². The van der Waals surface area contributed by atoms with E-state index in [4.69, 9.17) is 9.47 Å². The molecule has 1 amide bonds. The summed E-state index contributed by atoms with van der Waals surface area (Å²) in [5.74, 6) is -0.478. The van der Waals surface area contributed by atoms with Crippen molar-refractivity contribution < 1.29 is 27.5 Å². The van der Waals surface area contributed by atoms with Crippen LogP contribution in [-0.4, -0.2) is 63.0 Å². The molecule has 0 bridgehead atoms. The molecule has 0 N–H and O–H groups in total. The molecule has 8 heteroatoms. The number of hydrogen-bond donors (Lipinski definition) is 0. The number of sulfone groups is 1. The van der Waals surface area contributed by atoms with E-state index in [1.54, 1.807) is 12.1 Å². The number of hydrogen-bond acceptors (Lipinski definition) is 6. The minimum Gasteiger partial charge on any atom is -0.482 e. The van der Waals surface area contributed by atoms with E-state index in [0.29, 0.717) is 12.2 Å². The van der Waals surface area contributed by atoms with Crippen LogP contribution in [0.1, 0.15) is 17.5 Å². The second-order valence-electron chi connectivity index (χ2n) is 6.33. The highest BCUT2D eigenvalue weighted by Crippen LogP contribution is 2.17. The molecule has 0 saturated carbocycles. The molecule has 25 heavy (non-hydrogen) atoms. The molecule has 1 saturated heterocycles. The number of benzene rings is 1. The lowest BCUT2D eigenvalue weighted by molar-refractivity contribution is -0.153. The largest absolute Gasteiger partial charge is 0.482 e. The molecular weight excluding hydrogens is 346 g/mol. The van der Waals surface area contributed by atoms with Crippen molar-refractivity contribution in [2.75, 3.05) is 31.8 Å². The fraction of sp³-hybridized carbons (Fsp3) is 0.529. The predicted molar refractivity (Wildman–Crippen MR) is 92.2 cm³/mol. The van der Waals surface area contributed by atoms with E-state index in [-0.39, 0.29) is 24.2 Å². The quantitative estimate of drug-likeness (QED) is 0.691. The van der Waals surface area contributed by atoms with Crippen LogP contribution >= 0.6 is 0 Å². The van der Waals surface area contributed by atoms with Gasteiger partial charge in [0.15, 0.2) is 23.1 Å². The molecule has 0 aliphatic carbocycles. The third kappa shape index (κ3) is 5.74. The summed E-state index contributed by atoms with van der Waals surface area (Å²) in [5, 5.41) is 0. The summed E-state index contributed by atoms with van der Waals surface area (Å²) >= 11 is 0. The van der Waals surface area contributed by atoms with Gasteiger partial charge in [-0.3, -0.25) is 4.79 Å². The number of likely N-dealkylation sites (N-methyl/N-ethyl adjacent to an activating group) is 1. The van der Waals surface area contributed by atoms with Gasteiger partial charge < -0.3 is 14.4 Å². The smallest absolute Gasteiger partial charge is 0.344 e. The van der Waals surface area contributed by atoms with Crippen LogP contribution in [0.2, 0.25) is 0 Å². The van der Waals surface area contributed by atoms with E-state index in [1.807, 2.05) is 19.9 Å².